The van der Waals surface area contributed by atoms with Crippen molar-refractivity contribution in [2.75, 3.05) is 6.61 Å². The number of aromatic nitrogens is 4. The molecule has 2 aromatic carbocycles. The molecule has 2 aromatic heterocycles. The van der Waals surface area contributed by atoms with E-state index in [0.717, 1.165) is 0 Å². The SMILES string of the molecule is CC(C)Oc1cc(C(=N)N)nn1Cc1ccccc1F.CCOC(=O)c1cc(OC(C)C)n(Cc2ccccc2F)n1. The second-order valence-corrected chi connectivity index (χ2v) is 9.70. The Hall–Kier alpha value is -4.74. The molecular formula is C30H36F2N6O4. The Bertz CT molecular complexity index is 1500. The van der Waals surface area contributed by atoms with Crippen LogP contribution in [0.3, 0.4) is 0 Å². The van der Waals surface area contributed by atoms with Crippen molar-refractivity contribution in [1.82, 2.24) is 19.6 Å². The van der Waals surface area contributed by atoms with Gasteiger partial charge in [-0.05, 0) is 46.8 Å². The van der Waals surface area contributed by atoms with Gasteiger partial charge in [-0.1, -0.05) is 36.4 Å². The maximum Gasteiger partial charge on any atom is 0.358 e. The number of halogens is 2. The standard InChI is InChI=1S/C16H19FN2O3.C14H17FN4O/c1-4-21-16(20)14-9-15(22-11(2)3)19(18-14)10-12-7-5-6-8-13(12)17;1-9(2)20-13-7-12(14(16)17)18-19(13)8-10-5-3-4-6-11(10)15/h5-9,11H,4,10H2,1-3H3;3-7,9H,8H2,1-2H3,(H3,16,17). The van der Waals surface area contributed by atoms with Crippen LogP contribution in [-0.4, -0.2) is 50.2 Å². The molecule has 0 amide bonds. The first kappa shape index (κ1) is 31.8. The summed E-state index contributed by atoms with van der Waals surface area (Å²) in [6.45, 7) is 9.88. The van der Waals surface area contributed by atoms with Gasteiger partial charge in [-0.3, -0.25) is 5.41 Å². The molecule has 2 heterocycles. The first-order valence-electron chi connectivity index (χ1n) is 13.5. The van der Waals surface area contributed by atoms with Gasteiger partial charge in [0.05, 0.1) is 31.9 Å². The van der Waals surface area contributed by atoms with Crippen molar-refractivity contribution in [3.63, 3.8) is 0 Å². The van der Waals surface area contributed by atoms with Gasteiger partial charge in [0.1, 0.15) is 23.2 Å². The first-order chi connectivity index (χ1) is 20.0. The molecule has 12 heteroatoms. The molecule has 224 valence electrons. The normalized spacial score (nSPS) is 10.8. The fourth-order valence-corrected chi connectivity index (χ4v) is 3.71. The highest BCUT2D eigenvalue weighted by Crippen LogP contribution is 2.20. The van der Waals surface area contributed by atoms with Crippen LogP contribution in [0.5, 0.6) is 11.8 Å². The van der Waals surface area contributed by atoms with Crippen LogP contribution in [0.4, 0.5) is 8.78 Å². The fraction of sp³-hybridized carbons (Fsp3) is 0.333. The van der Waals surface area contributed by atoms with Gasteiger partial charge in [-0.25, -0.2) is 22.9 Å². The topological polar surface area (TPSA) is 130 Å². The number of nitrogens with two attached hydrogens (primary N) is 1. The van der Waals surface area contributed by atoms with Gasteiger partial charge in [0, 0.05) is 23.3 Å². The third kappa shape index (κ3) is 8.88. The molecule has 0 saturated carbocycles. The largest absolute Gasteiger partial charge is 0.475 e. The van der Waals surface area contributed by atoms with Gasteiger partial charge in [-0.2, -0.15) is 10.2 Å². The lowest BCUT2D eigenvalue weighted by Crippen LogP contribution is -2.14. The van der Waals surface area contributed by atoms with Crippen molar-refractivity contribution >= 4 is 11.8 Å². The number of amidine groups is 1. The van der Waals surface area contributed by atoms with Crippen LogP contribution < -0.4 is 15.2 Å². The average molecular weight is 583 g/mol. The van der Waals surface area contributed by atoms with Crippen LogP contribution in [0.25, 0.3) is 0 Å². The average Bonchev–Trinajstić information content (AvgIpc) is 3.50. The van der Waals surface area contributed by atoms with Crippen molar-refractivity contribution in [1.29, 1.82) is 5.41 Å². The van der Waals surface area contributed by atoms with Gasteiger partial charge in [-0.15, -0.1) is 0 Å². The maximum atomic E-state index is 13.8. The monoisotopic (exact) mass is 582 g/mol. The molecule has 0 aliphatic heterocycles. The summed E-state index contributed by atoms with van der Waals surface area (Å²) in [6, 6.07) is 16.0. The zero-order valence-electron chi connectivity index (χ0n) is 24.3. The van der Waals surface area contributed by atoms with E-state index in [0.29, 0.717) is 28.6 Å². The zero-order chi connectivity index (χ0) is 30.8. The molecule has 0 aliphatic rings. The van der Waals surface area contributed by atoms with Crippen LogP contribution in [-0.2, 0) is 17.8 Å². The van der Waals surface area contributed by atoms with Gasteiger partial charge < -0.3 is 19.9 Å². The molecule has 0 atom stereocenters. The number of ether oxygens (including phenoxy) is 3. The molecular weight excluding hydrogens is 546 g/mol. The number of hydrogen-bond donors (Lipinski definition) is 2. The first-order valence-corrected chi connectivity index (χ1v) is 13.5. The second kappa shape index (κ2) is 14.8. The lowest BCUT2D eigenvalue weighted by Gasteiger charge is -2.12. The summed E-state index contributed by atoms with van der Waals surface area (Å²) in [5.41, 5.74) is 6.86. The zero-order valence-corrected chi connectivity index (χ0v) is 24.3. The summed E-state index contributed by atoms with van der Waals surface area (Å²) in [5, 5.41) is 15.8. The van der Waals surface area contributed by atoms with E-state index < -0.39 is 5.97 Å². The minimum atomic E-state index is -0.525. The Balaban J connectivity index is 0.000000231. The van der Waals surface area contributed by atoms with Crippen LogP contribution >= 0.6 is 0 Å². The number of hydrogen-bond acceptors (Lipinski definition) is 7. The van der Waals surface area contributed by atoms with Crippen LogP contribution in [0.15, 0.2) is 60.7 Å². The second-order valence-electron chi connectivity index (χ2n) is 9.70. The minimum Gasteiger partial charge on any atom is -0.475 e. The molecule has 10 nitrogen and oxygen atoms in total. The predicted molar refractivity (Wildman–Crippen MR) is 154 cm³/mol. The molecule has 4 aromatic rings. The Morgan fingerprint density at radius 2 is 1.26 bits per heavy atom. The molecule has 0 spiro atoms. The molecule has 0 unspecified atom stereocenters. The Morgan fingerprint density at radius 1 is 0.833 bits per heavy atom. The van der Waals surface area contributed by atoms with Crippen LogP contribution in [0.1, 0.15) is 61.9 Å². The van der Waals surface area contributed by atoms with Gasteiger partial charge in [0.2, 0.25) is 11.8 Å². The summed E-state index contributed by atoms with van der Waals surface area (Å²) < 4.78 is 46.6. The van der Waals surface area contributed by atoms with E-state index in [9.17, 15) is 13.6 Å². The van der Waals surface area contributed by atoms with Crippen molar-refractivity contribution < 1.29 is 27.8 Å². The van der Waals surface area contributed by atoms with E-state index in [2.05, 4.69) is 10.2 Å². The third-order valence-corrected chi connectivity index (χ3v) is 5.52. The van der Waals surface area contributed by atoms with Gasteiger partial charge >= 0.3 is 5.97 Å². The highest BCUT2D eigenvalue weighted by molar-refractivity contribution is 5.93. The summed E-state index contributed by atoms with van der Waals surface area (Å²) in [6.07, 6.45) is -0.142. The van der Waals surface area contributed by atoms with E-state index in [1.54, 1.807) is 49.4 Å². The Kier molecular flexibility index (Phi) is 11.2. The molecule has 0 radical (unpaired) electrons. The predicted octanol–water partition coefficient (Wildman–Crippen LogP) is 5.18. The number of rotatable bonds is 11. The highest BCUT2D eigenvalue weighted by atomic mass is 19.1. The van der Waals surface area contributed by atoms with Crippen molar-refractivity contribution in [3.8, 4) is 11.8 Å². The Morgan fingerprint density at radius 3 is 1.67 bits per heavy atom. The summed E-state index contributed by atoms with van der Waals surface area (Å²) in [4.78, 5) is 11.8. The molecule has 0 bridgehead atoms. The van der Waals surface area contributed by atoms with E-state index in [-0.39, 0.29) is 55.1 Å². The summed E-state index contributed by atoms with van der Waals surface area (Å²) >= 11 is 0. The molecule has 0 saturated heterocycles. The molecule has 42 heavy (non-hydrogen) atoms. The van der Waals surface area contributed by atoms with Crippen LogP contribution in [0, 0.1) is 17.0 Å². The molecule has 3 N–H and O–H groups in total. The fourth-order valence-electron chi connectivity index (χ4n) is 3.71. The third-order valence-electron chi connectivity index (χ3n) is 5.52. The van der Waals surface area contributed by atoms with Gasteiger partial charge in [0.15, 0.2) is 5.69 Å². The highest BCUT2D eigenvalue weighted by Gasteiger charge is 2.18. The minimum absolute atomic E-state index is 0.0501. The maximum absolute atomic E-state index is 13.8. The number of nitrogen functional groups attached to an aromatic ring is 1. The van der Waals surface area contributed by atoms with Crippen LogP contribution in [0.2, 0.25) is 0 Å². The quantitative estimate of drug-likeness (QED) is 0.142. The van der Waals surface area contributed by atoms with Crippen molar-refractivity contribution in [2.45, 2.75) is 59.9 Å². The van der Waals surface area contributed by atoms with E-state index in [1.165, 1.54) is 27.6 Å². The smallest absolute Gasteiger partial charge is 0.358 e. The lowest BCUT2D eigenvalue weighted by atomic mass is 10.2. The van der Waals surface area contributed by atoms with Crippen molar-refractivity contribution in [2.24, 2.45) is 5.73 Å². The summed E-state index contributed by atoms with van der Waals surface area (Å²) in [7, 11) is 0. The van der Waals surface area contributed by atoms with E-state index in [1.807, 2.05) is 27.7 Å². The molecule has 0 fully saturated rings. The number of nitrogens with zero attached hydrogens (tertiary/aromatic N) is 4. The molecule has 0 aliphatic carbocycles. The number of nitrogens with one attached hydrogen (secondary N) is 1. The number of carbonyl (C=O) groups is 1. The van der Waals surface area contributed by atoms with Gasteiger partial charge in [0.25, 0.3) is 0 Å². The molecule has 4 rings (SSSR count). The number of benzene rings is 2. The summed E-state index contributed by atoms with van der Waals surface area (Å²) in [5.74, 6) is -0.432. The van der Waals surface area contributed by atoms with Crippen molar-refractivity contribution in [3.05, 3.63) is 94.8 Å². The van der Waals surface area contributed by atoms with E-state index >= 15 is 0 Å². The number of carbonyl (C=O) groups excluding carboxylic acids is 1. The van der Waals surface area contributed by atoms with E-state index in [4.69, 9.17) is 25.4 Å². The lowest BCUT2D eigenvalue weighted by molar-refractivity contribution is 0.0518. The Labute approximate surface area is 243 Å². The number of esters is 1.